The fourth-order valence-corrected chi connectivity index (χ4v) is 2.68. The molecule has 0 amide bonds. The first kappa shape index (κ1) is 8.44. The lowest BCUT2D eigenvalue weighted by Crippen LogP contribution is -2.37. The molecule has 2 heterocycles. The highest BCUT2D eigenvalue weighted by molar-refractivity contribution is 8.01. The van der Waals surface area contributed by atoms with Crippen LogP contribution in [0.25, 0.3) is 0 Å². The number of hydrogen-bond donors (Lipinski definition) is 1. The van der Waals surface area contributed by atoms with E-state index in [1.165, 1.54) is 5.56 Å². The Bertz CT molecular complexity index is 369. The molecule has 0 aromatic heterocycles. The van der Waals surface area contributed by atoms with E-state index in [-0.39, 0.29) is 0 Å². The monoisotopic (exact) mass is 209 g/mol. The summed E-state index contributed by atoms with van der Waals surface area (Å²) in [5, 5.41) is 0.435. The van der Waals surface area contributed by atoms with Gasteiger partial charge in [0.15, 0.2) is 11.5 Å². The van der Waals surface area contributed by atoms with E-state index in [4.69, 9.17) is 15.2 Å². The van der Waals surface area contributed by atoms with E-state index in [1.807, 2.05) is 23.9 Å². The first-order chi connectivity index (χ1) is 6.84. The van der Waals surface area contributed by atoms with Crippen LogP contribution in [0.1, 0.15) is 10.8 Å². The molecule has 0 saturated carbocycles. The lowest BCUT2D eigenvalue weighted by Gasteiger charge is -2.33. The van der Waals surface area contributed by atoms with E-state index in [1.54, 1.807) is 0 Å². The maximum absolute atomic E-state index is 5.91. The minimum Gasteiger partial charge on any atom is -0.454 e. The number of nitrogens with two attached hydrogens (primary N) is 1. The van der Waals surface area contributed by atoms with Gasteiger partial charge >= 0.3 is 0 Å². The molecule has 2 atom stereocenters. The molecule has 3 rings (SSSR count). The summed E-state index contributed by atoms with van der Waals surface area (Å²) in [5.74, 6) is 2.74. The molecule has 14 heavy (non-hydrogen) atoms. The number of ether oxygens (including phenoxy) is 2. The van der Waals surface area contributed by atoms with Gasteiger partial charge in [0, 0.05) is 17.0 Å². The summed E-state index contributed by atoms with van der Waals surface area (Å²) in [6.45, 7) is 0.336. The van der Waals surface area contributed by atoms with Gasteiger partial charge in [0.1, 0.15) is 0 Å². The SMILES string of the molecule is NC1CSC1c1ccc2c(c1)OCO2. The minimum atomic E-state index is 0.292. The Morgan fingerprint density at radius 2 is 2.14 bits per heavy atom. The van der Waals surface area contributed by atoms with Crippen molar-refractivity contribution in [3.63, 3.8) is 0 Å². The highest BCUT2D eigenvalue weighted by Gasteiger charge is 2.30. The predicted octanol–water partition coefficient (Wildman–Crippen LogP) is 1.53. The van der Waals surface area contributed by atoms with Crippen LogP contribution in [0.3, 0.4) is 0 Å². The van der Waals surface area contributed by atoms with Gasteiger partial charge in [-0.05, 0) is 17.7 Å². The van der Waals surface area contributed by atoms with Crippen LogP contribution in [-0.2, 0) is 0 Å². The van der Waals surface area contributed by atoms with E-state index in [0.29, 0.717) is 18.1 Å². The minimum absolute atomic E-state index is 0.292. The second kappa shape index (κ2) is 3.07. The Morgan fingerprint density at radius 1 is 1.29 bits per heavy atom. The molecule has 1 aromatic rings. The van der Waals surface area contributed by atoms with Crippen molar-refractivity contribution in [2.75, 3.05) is 12.5 Å². The lowest BCUT2D eigenvalue weighted by molar-refractivity contribution is 0.174. The Kier molecular flexibility index (Phi) is 1.85. The molecule has 2 unspecified atom stereocenters. The van der Waals surface area contributed by atoms with Gasteiger partial charge in [-0.1, -0.05) is 6.07 Å². The third-order valence-corrected chi connectivity index (χ3v) is 4.14. The van der Waals surface area contributed by atoms with Crippen molar-refractivity contribution in [3.05, 3.63) is 23.8 Å². The van der Waals surface area contributed by atoms with Gasteiger partial charge in [0.05, 0.1) is 0 Å². The molecule has 74 valence electrons. The summed E-state index contributed by atoms with van der Waals surface area (Å²) < 4.78 is 10.6. The summed E-state index contributed by atoms with van der Waals surface area (Å²) in [7, 11) is 0. The average molecular weight is 209 g/mol. The third kappa shape index (κ3) is 1.18. The molecule has 0 spiro atoms. The molecule has 2 N–H and O–H groups in total. The van der Waals surface area contributed by atoms with Gasteiger partial charge in [0.25, 0.3) is 0 Å². The molecule has 2 aliphatic heterocycles. The normalized spacial score (nSPS) is 28.6. The molecule has 3 nitrogen and oxygen atoms in total. The molecule has 1 aromatic carbocycles. The van der Waals surface area contributed by atoms with Crippen molar-refractivity contribution >= 4 is 11.8 Å². The number of rotatable bonds is 1. The smallest absolute Gasteiger partial charge is 0.231 e. The van der Waals surface area contributed by atoms with Crippen molar-refractivity contribution in [2.24, 2.45) is 5.73 Å². The van der Waals surface area contributed by atoms with E-state index in [0.717, 1.165) is 17.3 Å². The lowest BCUT2D eigenvalue weighted by atomic mass is 10.1. The molecule has 1 saturated heterocycles. The van der Waals surface area contributed by atoms with Crippen molar-refractivity contribution in [1.82, 2.24) is 0 Å². The summed E-state index contributed by atoms with van der Waals surface area (Å²) >= 11 is 1.89. The van der Waals surface area contributed by atoms with Crippen molar-refractivity contribution < 1.29 is 9.47 Å². The topological polar surface area (TPSA) is 44.5 Å². The van der Waals surface area contributed by atoms with Crippen molar-refractivity contribution in [1.29, 1.82) is 0 Å². The molecule has 0 radical (unpaired) electrons. The highest BCUT2D eigenvalue weighted by Crippen LogP contribution is 2.44. The van der Waals surface area contributed by atoms with Crippen molar-refractivity contribution in [2.45, 2.75) is 11.3 Å². The first-order valence-corrected chi connectivity index (χ1v) is 5.66. The Labute approximate surface area is 86.6 Å². The highest BCUT2D eigenvalue weighted by atomic mass is 32.2. The average Bonchev–Trinajstić information content (AvgIpc) is 2.62. The summed E-state index contributed by atoms with van der Waals surface area (Å²) in [6.07, 6.45) is 0. The zero-order valence-electron chi connectivity index (χ0n) is 7.60. The number of benzene rings is 1. The van der Waals surface area contributed by atoms with E-state index in [2.05, 4.69) is 6.07 Å². The zero-order valence-corrected chi connectivity index (χ0v) is 8.42. The summed E-state index contributed by atoms with van der Waals surface area (Å²) in [5.41, 5.74) is 7.16. The van der Waals surface area contributed by atoms with Crippen LogP contribution in [0.2, 0.25) is 0 Å². The number of thioether (sulfide) groups is 1. The Balaban J connectivity index is 1.92. The molecule has 0 aliphatic carbocycles. The molecule has 2 aliphatic rings. The Hall–Kier alpha value is -0.870. The molecular weight excluding hydrogens is 198 g/mol. The largest absolute Gasteiger partial charge is 0.454 e. The van der Waals surface area contributed by atoms with Gasteiger partial charge in [-0.2, -0.15) is 11.8 Å². The molecule has 0 bridgehead atoms. The fourth-order valence-electron chi connectivity index (χ4n) is 1.74. The number of hydrogen-bond acceptors (Lipinski definition) is 4. The first-order valence-electron chi connectivity index (χ1n) is 4.61. The summed E-state index contributed by atoms with van der Waals surface area (Å²) in [4.78, 5) is 0. The van der Waals surface area contributed by atoms with Gasteiger partial charge in [-0.3, -0.25) is 0 Å². The van der Waals surface area contributed by atoms with Crippen LogP contribution in [0.4, 0.5) is 0 Å². The van der Waals surface area contributed by atoms with Gasteiger partial charge in [0.2, 0.25) is 6.79 Å². The second-order valence-corrected chi connectivity index (χ2v) is 4.71. The molecule has 4 heteroatoms. The van der Waals surface area contributed by atoms with Crippen LogP contribution in [0.5, 0.6) is 11.5 Å². The predicted molar refractivity (Wildman–Crippen MR) is 55.7 cm³/mol. The van der Waals surface area contributed by atoms with E-state index >= 15 is 0 Å². The summed E-state index contributed by atoms with van der Waals surface area (Å²) in [6, 6.07) is 6.37. The Morgan fingerprint density at radius 3 is 2.86 bits per heavy atom. The second-order valence-electron chi connectivity index (χ2n) is 3.53. The van der Waals surface area contributed by atoms with Crippen LogP contribution in [0, 0.1) is 0 Å². The van der Waals surface area contributed by atoms with Gasteiger partial charge < -0.3 is 15.2 Å². The van der Waals surface area contributed by atoms with Crippen LogP contribution in [0.15, 0.2) is 18.2 Å². The molecule has 1 fully saturated rings. The third-order valence-electron chi connectivity index (χ3n) is 2.58. The standard InChI is InChI=1S/C10H11NO2S/c11-7-4-14-10(7)6-1-2-8-9(3-6)13-5-12-8/h1-3,7,10H,4-5,11H2. The number of fused-ring (bicyclic) bond motifs is 1. The van der Waals surface area contributed by atoms with Gasteiger partial charge in [-0.15, -0.1) is 0 Å². The van der Waals surface area contributed by atoms with Crippen LogP contribution >= 0.6 is 11.8 Å². The molecular formula is C10H11NO2S. The fraction of sp³-hybridized carbons (Fsp3) is 0.400. The van der Waals surface area contributed by atoms with Crippen LogP contribution < -0.4 is 15.2 Å². The maximum atomic E-state index is 5.91. The van der Waals surface area contributed by atoms with Gasteiger partial charge in [-0.25, -0.2) is 0 Å². The van der Waals surface area contributed by atoms with Crippen LogP contribution in [-0.4, -0.2) is 18.6 Å². The zero-order chi connectivity index (χ0) is 9.54. The quantitative estimate of drug-likeness (QED) is 0.761. The maximum Gasteiger partial charge on any atom is 0.231 e. The van der Waals surface area contributed by atoms with Crippen molar-refractivity contribution in [3.8, 4) is 11.5 Å². The van der Waals surface area contributed by atoms with E-state index < -0.39 is 0 Å². The van der Waals surface area contributed by atoms with E-state index in [9.17, 15) is 0 Å².